The summed E-state index contributed by atoms with van der Waals surface area (Å²) in [6.45, 7) is 0. The van der Waals surface area contributed by atoms with Crippen molar-refractivity contribution in [2.24, 2.45) is 11.7 Å². The van der Waals surface area contributed by atoms with Gasteiger partial charge in [-0.15, -0.1) is 0 Å². The SMILES string of the molecule is N#Cc1cccc(/C=C/C(=O)NC(CC(N)=O)C2CCCCC2)c1. The van der Waals surface area contributed by atoms with Crippen molar-refractivity contribution in [2.75, 3.05) is 0 Å². The number of nitrogens with zero attached hydrogens (tertiary/aromatic N) is 1. The third-order valence-electron chi connectivity index (χ3n) is 4.41. The Labute approximate surface area is 142 Å². The zero-order chi connectivity index (χ0) is 17.4. The highest BCUT2D eigenvalue weighted by atomic mass is 16.2. The van der Waals surface area contributed by atoms with E-state index in [0.29, 0.717) is 11.5 Å². The van der Waals surface area contributed by atoms with Crippen LogP contribution in [0.2, 0.25) is 0 Å². The lowest BCUT2D eigenvalue weighted by Crippen LogP contribution is -2.42. The van der Waals surface area contributed by atoms with Gasteiger partial charge in [0, 0.05) is 18.5 Å². The summed E-state index contributed by atoms with van der Waals surface area (Å²) >= 11 is 0. The van der Waals surface area contributed by atoms with Crippen molar-refractivity contribution >= 4 is 17.9 Å². The van der Waals surface area contributed by atoms with E-state index >= 15 is 0 Å². The van der Waals surface area contributed by atoms with E-state index in [1.807, 2.05) is 6.07 Å². The van der Waals surface area contributed by atoms with Crippen molar-refractivity contribution in [3.05, 3.63) is 41.5 Å². The fourth-order valence-electron chi connectivity index (χ4n) is 3.20. The maximum Gasteiger partial charge on any atom is 0.244 e. The van der Waals surface area contributed by atoms with Gasteiger partial charge in [-0.25, -0.2) is 0 Å². The molecule has 3 N–H and O–H groups in total. The lowest BCUT2D eigenvalue weighted by Gasteiger charge is -2.30. The van der Waals surface area contributed by atoms with Gasteiger partial charge in [0.15, 0.2) is 0 Å². The van der Waals surface area contributed by atoms with Gasteiger partial charge in [0.25, 0.3) is 0 Å². The van der Waals surface area contributed by atoms with Gasteiger partial charge in [-0.1, -0.05) is 31.4 Å². The van der Waals surface area contributed by atoms with Crippen molar-refractivity contribution in [2.45, 2.75) is 44.6 Å². The molecule has 1 aliphatic carbocycles. The van der Waals surface area contributed by atoms with E-state index < -0.39 is 5.91 Å². The zero-order valence-corrected chi connectivity index (χ0v) is 13.7. The summed E-state index contributed by atoms with van der Waals surface area (Å²) in [5.41, 5.74) is 6.67. The predicted octanol–water partition coefficient (Wildman–Crippen LogP) is 2.51. The van der Waals surface area contributed by atoms with Crippen molar-refractivity contribution in [3.63, 3.8) is 0 Å². The number of nitrogens with one attached hydrogen (secondary N) is 1. The summed E-state index contributed by atoms with van der Waals surface area (Å²) in [6.07, 6.45) is 8.79. The second-order valence-corrected chi connectivity index (χ2v) is 6.25. The molecule has 126 valence electrons. The van der Waals surface area contributed by atoms with Gasteiger partial charge < -0.3 is 11.1 Å². The van der Waals surface area contributed by atoms with Crippen LogP contribution in [0.5, 0.6) is 0 Å². The first-order valence-corrected chi connectivity index (χ1v) is 8.35. The number of carbonyl (C=O) groups excluding carboxylic acids is 2. The van der Waals surface area contributed by atoms with Crippen LogP contribution in [0.15, 0.2) is 30.3 Å². The van der Waals surface area contributed by atoms with E-state index in [9.17, 15) is 9.59 Å². The first-order valence-electron chi connectivity index (χ1n) is 8.35. The fourth-order valence-corrected chi connectivity index (χ4v) is 3.20. The van der Waals surface area contributed by atoms with Gasteiger partial charge in [-0.05, 0) is 42.5 Å². The first-order chi connectivity index (χ1) is 11.6. The normalized spacial score (nSPS) is 16.5. The number of carbonyl (C=O) groups is 2. The van der Waals surface area contributed by atoms with E-state index in [1.165, 1.54) is 12.5 Å². The Morgan fingerprint density at radius 3 is 2.75 bits per heavy atom. The molecule has 1 aliphatic rings. The zero-order valence-electron chi connectivity index (χ0n) is 13.7. The Morgan fingerprint density at radius 1 is 1.33 bits per heavy atom. The number of rotatable bonds is 6. The monoisotopic (exact) mass is 325 g/mol. The molecule has 24 heavy (non-hydrogen) atoms. The Hall–Kier alpha value is -2.61. The Kier molecular flexibility index (Phi) is 6.56. The third kappa shape index (κ3) is 5.54. The number of nitrogens with two attached hydrogens (primary N) is 1. The largest absolute Gasteiger partial charge is 0.370 e. The van der Waals surface area contributed by atoms with E-state index in [2.05, 4.69) is 11.4 Å². The van der Waals surface area contributed by atoms with Crippen molar-refractivity contribution in [1.82, 2.24) is 5.32 Å². The average molecular weight is 325 g/mol. The van der Waals surface area contributed by atoms with Crippen LogP contribution >= 0.6 is 0 Å². The van der Waals surface area contributed by atoms with Crippen LogP contribution in [0.3, 0.4) is 0 Å². The summed E-state index contributed by atoms with van der Waals surface area (Å²) in [7, 11) is 0. The summed E-state index contributed by atoms with van der Waals surface area (Å²) in [4.78, 5) is 23.5. The molecule has 2 amide bonds. The maximum atomic E-state index is 12.2. The van der Waals surface area contributed by atoms with Crippen LogP contribution in [-0.2, 0) is 9.59 Å². The van der Waals surface area contributed by atoms with E-state index in [4.69, 9.17) is 11.0 Å². The number of hydrogen-bond acceptors (Lipinski definition) is 3. The molecule has 0 spiro atoms. The number of primary amides is 1. The molecule has 1 atom stereocenters. The van der Waals surface area contributed by atoms with E-state index in [1.54, 1.807) is 24.3 Å². The summed E-state index contributed by atoms with van der Waals surface area (Å²) in [5, 5.41) is 11.8. The van der Waals surface area contributed by atoms with Crippen LogP contribution in [0.1, 0.15) is 49.7 Å². The van der Waals surface area contributed by atoms with Crippen LogP contribution in [0.25, 0.3) is 6.08 Å². The number of nitriles is 1. The summed E-state index contributed by atoms with van der Waals surface area (Å²) in [5.74, 6) is -0.323. The summed E-state index contributed by atoms with van der Waals surface area (Å²) in [6, 6.07) is 8.89. The van der Waals surface area contributed by atoms with Gasteiger partial charge in [0.2, 0.25) is 11.8 Å². The standard InChI is InChI=1S/C19H23N3O2/c20-13-15-6-4-5-14(11-15)9-10-19(24)22-17(12-18(21)23)16-7-2-1-3-8-16/h4-6,9-11,16-17H,1-3,7-8,12H2,(H2,21,23)(H,22,24)/b10-9+. The van der Waals surface area contributed by atoms with Crippen LogP contribution in [0.4, 0.5) is 0 Å². The molecule has 0 aliphatic heterocycles. The molecule has 1 fully saturated rings. The maximum absolute atomic E-state index is 12.2. The molecule has 0 saturated heterocycles. The molecule has 1 aromatic rings. The molecule has 0 bridgehead atoms. The Bertz CT molecular complexity index is 655. The molecule has 0 heterocycles. The quantitative estimate of drug-likeness (QED) is 0.787. The highest BCUT2D eigenvalue weighted by Crippen LogP contribution is 2.27. The van der Waals surface area contributed by atoms with E-state index in [0.717, 1.165) is 31.2 Å². The number of hydrogen-bond donors (Lipinski definition) is 2. The van der Waals surface area contributed by atoms with Gasteiger partial charge >= 0.3 is 0 Å². The van der Waals surface area contributed by atoms with Crippen molar-refractivity contribution < 1.29 is 9.59 Å². The molecule has 2 rings (SSSR count). The van der Waals surface area contributed by atoms with Gasteiger partial charge in [-0.2, -0.15) is 5.26 Å². The Balaban J connectivity index is 1.99. The number of amides is 2. The lowest BCUT2D eigenvalue weighted by molar-refractivity contribution is -0.120. The highest BCUT2D eigenvalue weighted by molar-refractivity contribution is 5.92. The lowest BCUT2D eigenvalue weighted by atomic mass is 9.82. The van der Waals surface area contributed by atoms with Crippen molar-refractivity contribution in [3.8, 4) is 6.07 Å². The minimum Gasteiger partial charge on any atom is -0.370 e. The highest BCUT2D eigenvalue weighted by Gasteiger charge is 2.25. The summed E-state index contributed by atoms with van der Waals surface area (Å²) < 4.78 is 0. The minimum atomic E-state index is -0.392. The Morgan fingerprint density at radius 2 is 2.08 bits per heavy atom. The smallest absolute Gasteiger partial charge is 0.244 e. The molecule has 0 radical (unpaired) electrons. The second-order valence-electron chi connectivity index (χ2n) is 6.25. The molecule has 1 unspecified atom stereocenters. The van der Waals surface area contributed by atoms with Gasteiger partial charge in [0.1, 0.15) is 0 Å². The van der Waals surface area contributed by atoms with Crippen LogP contribution in [0, 0.1) is 17.2 Å². The second kappa shape index (κ2) is 8.88. The molecule has 5 heteroatoms. The molecule has 0 aromatic heterocycles. The first kappa shape index (κ1) is 17.7. The van der Waals surface area contributed by atoms with Gasteiger partial charge in [-0.3, -0.25) is 9.59 Å². The molecular weight excluding hydrogens is 302 g/mol. The van der Waals surface area contributed by atoms with Gasteiger partial charge in [0.05, 0.1) is 11.6 Å². The van der Waals surface area contributed by atoms with Crippen LogP contribution in [-0.4, -0.2) is 17.9 Å². The van der Waals surface area contributed by atoms with Crippen molar-refractivity contribution in [1.29, 1.82) is 5.26 Å². The molecular formula is C19H23N3O2. The molecule has 1 saturated carbocycles. The number of benzene rings is 1. The third-order valence-corrected chi connectivity index (χ3v) is 4.41. The predicted molar refractivity (Wildman–Crippen MR) is 92.5 cm³/mol. The van der Waals surface area contributed by atoms with Crippen LogP contribution < -0.4 is 11.1 Å². The molecule has 1 aromatic carbocycles. The average Bonchev–Trinajstić information content (AvgIpc) is 2.60. The minimum absolute atomic E-state index is 0.175. The molecule has 5 nitrogen and oxygen atoms in total. The van der Waals surface area contributed by atoms with E-state index in [-0.39, 0.29) is 18.4 Å². The fraction of sp³-hybridized carbons (Fsp3) is 0.421. The topological polar surface area (TPSA) is 96.0 Å².